The van der Waals surface area contributed by atoms with Gasteiger partial charge in [-0.2, -0.15) is 0 Å². The summed E-state index contributed by atoms with van der Waals surface area (Å²) in [7, 11) is 1.67. The van der Waals surface area contributed by atoms with E-state index in [2.05, 4.69) is 10.6 Å². The molecular formula is C12H17FN2OS. The van der Waals surface area contributed by atoms with Crippen LogP contribution in [0.5, 0.6) is 0 Å². The molecule has 5 heteroatoms. The molecule has 0 radical (unpaired) electrons. The molecule has 0 saturated carbocycles. The second-order valence-electron chi connectivity index (χ2n) is 3.69. The Kier molecular flexibility index (Phi) is 5.86. The molecule has 0 aliphatic rings. The summed E-state index contributed by atoms with van der Waals surface area (Å²) in [6.07, 6.45) is 0.890. The van der Waals surface area contributed by atoms with E-state index in [4.69, 9.17) is 17.0 Å². The van der Waals surface area contributed by atoms with Crippen LogP contribution in [0.4, 0.5) is 10.1 Å². The maximum atomic E-state index is 12.9. The monoisotopic (exact) mass is 256 g/mol. The van der Waals surface area contributed by atoms with Gasteiger partial charge in [-0.05, 0) is 49.3 Å². The SMILES string of the molecule is COCCCNC(=S)Nc1ccc(F)cc1C. The summed E-state index contributed by atoms with van der Waals surface area (Å²) < 4.78 is 17.8. The lowest BCUT2D eigenvalue weighted by atomic mass is 10.2. The minimum atomic E-state index is -0.243. The number of aryl methyl sites for hydroxylation is 1. The first-order chi connectivity index (χ1) is 8.13. The smallest absolute Gasteiger partial charge is 0.170 e. The molecule has 0 fully saturated rings. The number of methoxy groups -OCH3 is 1. The molecule has 0 unspecified atom stereocenters. The molecule has 0 aromatic heterocycles. The largest absolute Gasteiger partial charge is 0.385 e. The van der Waals surface area contributed by atoms with Crippen LogP contribution in [0.1, 0.15) is 12.0 Å². The van der Waals surface area contributed by atoms with Crippen molar-refractivity contribution in [1.29, 1.82) is 0 Å². The molecular weight excluding hydrogens is 239 g/mol. The second-order valence-corrected chi connectivity index (χ2v) is 4.09. The van der Waals surface area contributed by atoms with Crippen LogP contribution in [0, 0.1) is 12.7 Å². The summed E-state index contributed by atoms with van der Waals surface area (Å²) in [5.74, 6) is -0.243. The number of halogens is 1. The van der Waals surface area contributed by atoms with Gasteiger partial charge in [-0.25, -0.2) is 4.39 Å². The Morgan fingerprint density at radius 1 is 1.47 bits per heavy atom. The highest BCUT2D eigenvalue weighted by Gasteiger charge is 2.01. The van der Waals surface area contributed by atoms with E-state index < -0.39 is 0 Å². The predicted molar refractivity (Wildman–Crippen MR) is 71.9 cm³/mol. The van der Waals surface area contributed by atoms with Gasteiger partial charge in [-0.3, -0.25) is 0 Å². The third-order valence-electron chi connectivity index (χ3n) is 2.25. The number of benzene rings is 1. The van der Waals surface area contributed by atoms with E-state index in [1.165, 1.54) is 12.1 Å². The first-order valence-corrected chi connectivity index (χ1v) is 5.84. The Bertz CT molecular complexity index is 385. The first kappa shape index (κ1) is 13.9. The molecule has 0 bridgehead atoms. The number of ether oxygens (including phenoxy) is 1. The molecule has 3 nitrogen and oxygen atoms in total. The summed E-state index contributed by atoms with van der Waals surface area (Å²) in [5.41, 5.74) is 1.64. The van der Waals surface area contributed by atoms with Crippen molar-refractivity contribution >= 4 is 23.0 Å². The Morgan fingerprint density at radius 2 is 2.24 bits per heavy atom. The van der Waals surface area contributed by atoms with E-state index in [1.54, 1.807) is 13.2 Å². The van der Waals surface area contributed by atoms with Crippen molar-refractivity contribution in [3.63, 3.8) is 0 Å². The van der Waals surface area contributed by atoms with Gasteiger partial charge < -0.3 is 15.4 Å². The zero-order valence-electron chi connectivity index (χ0n) is 10.0. The van der Waals surface area contributed by atoms with Gasteiger partial charge in [0, 0.05) is 25.9 Å². The highest BCUT2D eigenvalue weighted by atomic mass is 32.1. The van der Waals surface area contributed by atoms with Crippen molar-refractivity contribution in [2.75, 3.05) is 25.6 Å². The van der Waals surface area contributed by atoms with Crippen LogP contribution >= 0.6 is 12.2 Å². The lowest BCUT2D eigenvalue weighted by molar-refractivity contribution is 0.196. The number of rotatable bonds is 5. The molecule has 0 aliphatic heterocycles. The van der Waals surface area contributed by atoms with Crippen LogP contribution in [0.3, 0.4) is 0 Å². The number of hydrogen-bond donors (Lipinski definition) is 2. The van der Waals surface area contributed by atoms with Crippen molar-refractivity contribution < 1.29 is 9.13 Å². The van der Waals surface area contributed by atoms with E-state index in [0.29, 0.717) is 11.7 Å². The summed E-state index contributed by atoms with van der Waals surface area (Å²) in [6.45, 7) is 3.28. The zero-order valence-corrected chi connectivity index (χ0v) is 10.9. The van der Waals surface area contributed by atoms with Crippen molar-refractivity contribution in [2.45, 2.75) is 13.3 Å². The van der Waals surface area contributed by atoms with Gasteiger partial charge in [-0.15, -0.1) is 0 Å². The van der Waals surface area contributed by atoms with Crippen molar-refractivity contribution in [3.8, 4) is 0 Å². The molecule has 0 atom stereocenters. The fraction of sp³-hybridized carbons (Fsp3) is 0.417. The first-order valence-electron chi connectivity index (χ1n) is 5.43. The third kappa shape index (κ3) is 5.10. The molecule has 0 saturated heterocycles. The van der Waals surface area contributed by atoms with Crippen LogP contribution in [0.15, 0.2) is 18.2 Å². The second kappa shape index (κ2) is 7.19. The molecule has 0 amide bonds. The summed E-state index contributed by atoms with van der Waals surface area (Å²) in [6, 6.07) is 4.55. The van der Waals surface area contributed by atoms with Gasteiger partial charge >= 0.3 is 0 Å². The quantitative estimate of drug-likeness (QED) is 0.626. The fourth-order valence-corrected chi connectivity index (χ4v) is 1.56. The molecule has 1 rings (SSSR count). The maximum Gasteiger partial charge on any atom is 0.170 e. The van der Waals surface area contributed by atoms with Gasteiger partial charge in [0.25, 0.3) is 0 Å². The molecule has 1 aromatic rings. The van der Waals surface area contributed by atoms with Gasteiger partial charge in [0.15, 0.2) is 5.11 Å². The van der Waals surface area contributed by atoms with Crippen molar-refractivity contribution in [1.82, 2.24) is 5.32 Å². The van der Waals surface area contributed by atoms with Crippen molar-refractivity contribution in [3.05, 3.63) is 29.6 Å². The fourth-order valence-electron chi connectivity index (χ4n) is 1.35. The minimum Gasteiger partial charge on any atom is -0.385 e. The Morgan fingerprint density at radius 3 is 2.88 bits per heavy atom. The molecule has 2 N–H and O–H groups in total. The van der Waals surface area contributed by atoms with E-state index >= 15 is 0 Å². The highest BCUT2D eigenvalue weighted by molar-refractivity contribution is 7.80. The van der Waals surface area contributed by atoms with Crippen LogP contribution in [0.25, 0.3) is 0 Å². The third-order valence-corrected chi connectivity index (χ3v) is 2.49. The summed E-state index contributed by atoms with van der Waals surface area (Å²) in [5, 5.41) is 6.62. The van der Waals surface area contributed by atoms with Crippen LogP contribution in [-0.2, 0) is 4.74 Å². The number of hydrogen-bond acceptors (Lipinski definition) is 2. The minimum absolute atomic E-state index is 0.243. The van der Waals surface area contributed by atoms with E-state index in [9.17, 15) is 4.39 Å². The number of thiocarbonyl (C=S) groups is 1. The Hall–Kier alpha value is -1.20. The standard InChI is InChI=1S/C12H17FN2OS/c1-9-8-10(13)4-5-11(9)15-12(17)14-6-3-7-16-2/h4-5,8H,3,6-7H2,1-2H3,(H2,14,15,17). The molecule has 1 aromatic carbocycles. The van der Waals surface area contributed by atoms with Crippen molar-refractivity contribution in [2.24, 2.45) is 0 Å². The molecule has 0 spiro atoms. The molecule has 0 heterocycles. The summed E-state index contributed by atoms with van der Waals surface area (Å²) >= 11 is 5.12. The lowest BCUT2D eigenvalue weighted by Crippen LogP contribution is -2.30. The predicted octanol–water partition coefficient (Wildman–Crippen LogP) is 2.46. The van der Waals surface area contributed by atoms with Crippen LogP contribution in [0.2, 0.25) is 0 Å². The van der Waals surface area contributed by atoms with E-state index in [0.717, 1.165) is 24.2 Å². The Balaban J connectivity index is 2.40. The van der Waals surface area contributed by atoms with Crippen LogP contribution in [-0.4, -0.2) is 25.4 Å². The highest BCUT2D eigenvalue weighted by Crippen LogP contribution is 2.15. The van der Waals surface area contributed by atoms with Crippen LogP contribution < -0.4 is 10.6 Å². The molecule has 17 heavy (non-hydrogen) atoms. The zero-order chi connectivity index (χ0) is 12.7. The lowest BCUT2D eigenvalue weighted by Gasteiger charge is -2.12. The topological polar surface area (TPSA) is 33.3 Å². The van der Waals surface area contributed by atoms with Gasteiger partial charge in [0.1, 0.15) is 5.82 Å². The number of nitrogens with one attached hydrogen (secondary N) is 2. The molecule has 0 aliphatic carbocycles. The summed E-state index contributed by atoms with van der Waals surface area (Å²) in [4.78, 5) is 0. The average Bonchev–Trinajstić information content (AvgIpc) is 2.28. The maximum absolute atomic E-state index is 12.9. The average molecular weight is 256 g/mol. The van der Waals surface area contributed by atoms with E-state index in [1.807, 2.05) is 6.92 Å². The Labute approximate surface area is 106 Å². The van der Waals surface area contributed by atoms with Gasteiger partial charge in [-0.1, -0.05) is 0 Å². The van der Waals surface area contributed by atoms with Gasteiger partial charge in [0.05, 0.1) is 0 Å². The molecule has 94 valence electrons. The van der Waals surface area contributed by atoms with Gasteiger partial charge in [0.2, 0.25) is 0 Å². The number of anilines is 1. The normalized spacial score (nSPS) is 10.1. The van der Waals surface area contributed by atoms with E-state index in [-0.39, 0.29) is 5.82 Å².